The van der Waals surface area contributed by atoms with Gasteiger partial charge in [-0.15, -0.1) is 11.3 Å². The van der Waals surface area contributed by atoms with Gasteiger partial charge in [-0.3, -0.25) is 4.79 Å². The number of nitrogens with one attached hydrogen (secondary N) is 1. The molecule has 0 spiro atoms. The molecule has 0 aliphatic carbocycles. The Balaban J connectivity index is 2.01. The summed E-state index contributed by atoms with van der Waals surface area (Å²) in [6, 6.07) is 4.45. The molecule has 6 heteroatoms. The van der Waals surface area contributed by atoms with Crippen molar-refractivity contribution >= 4 is 22.4 Å². The van der Waals surface area contributed by atoms with Gasteiger partial charge in [-0.1, -0.05) is 6.07 Å². The molecule has 94 valence electrons. The van der Waals surface area contributed by atoms with Crippen molar-refractivity contribution in [3.05, 3.63) is 41.2 Å². The van der Waals surface area contributed by atoms with Gasteiger partial charge in [0.1, 0.15) is 0 Å². The van der Waals surface area contributed by atoms with Crippen LogP contribution in [0.1, 0.15) is 5.56 Å². The number of ether oxygens (including phenoxy) is 1. The van der Waals surface area contributed by atoms with Crippen molar-refractivity contribution in [1.82, 2.24) is 4.98 Å². The molecule has 1 heterocycles. The second kappa shape index (κ2) is 5.59. The van der Waals surface area contributed by atoms with Crippen LogP contribution in [0.3, 0.4) is 0 Å². The van der Waals surface area contributed by atoms with Gasteiger partial charge in [0.25, 0.3) is 0 Å². The molecule has 0 fully saturated rings. The van der Waals surface area contributed by atoms with E-state index in [9.17, 15) is 9.18 Å². The zero-order valence-corrected chi connectivity index (χ0v) is 10.5. The first-order valence-corrected chi connectivity index (χ1v) is 6.09. The SMILES string of the molecule is COc1ccc(CC(=O)Nc2nccs2)cc1F. The highest BCUT2D eigenvalue weighted by atomic mass is 32.1. The number of hydrogen-bond acceptors (Lipinski definition) is 4. The fourth-order valence-electron chi connectivity index (χ4n) is 1.45. The van der Waals surface area contributed by atoms with Crippen molar-refractivity contribution in [2.24, 2.45) is 0 Å². The van der Waals surface area contributed by atoms with Crippen LogP contribution in [0.2, 0.25) is 0 Å². The summed E-state index contributed by atoms with van der Waals surface area (Å²) < 4.78 is 18.2. The lowest BCUT2D eigenvalue weighted by molar-refractivity contribution is -0.115. The Morgan fingerprint density at radius 1 is 1.56 bits per heavy atom. The molecule has 0 radical (unpaired) electrons. The van der Waals surface area contributed by atoms with Gasteiger partial charge >= 0.3 is 0 Å². The Morgan fingerprint density at radius 2 is 2.39 bits per heavy atom. The fourth-order valence-corrected chi connectivity index (χ4v) is 2.00. The average Bonchev–Trinajstić information content (AvgIpc) is 2.82. The van der Waals surface area contributed by atoms with Crippen molar-refractivity contribution in [3.63, 3.8) is 0 Å². The predicted octanol–water partition coefficient (Wildman–Crippen LogP) is 2.47. The second-order valence-corrected chi connectivity index (χ2v) is 4.43. The summed E-state index contributed by atoms with van der Waals surface area (Å²) in [6.45, 7) is 0. The first kappa shape index (κ1) is 12.5. The van der Waals surface area contributed by atoms with Crippen LogP contribution in [0, 0.1) is 5.82 Å². The average molecular weight is 266 g/mol. The highest BCUT2D eigenvalue weighted by molar-refractivity contribution is 7.13. The van der Waals surface area contributed by atoms with Gasteiger partial charge in [-0.05, 0) is 17.7 Å². The zero-order valence-electron chi connectivity index (χ0n) is 9.64. The number of nitrogens with zero attached hydrogens (tertiary/aromatic N) is 1. The number of carbonyl (C=O) groups excluding carboxylic acids is 1. The number of amides is 1. The minimum Gasteiger partial charge on any atom is -0.494 e. The molecule has 0 bridgehead atoms. The molecule has 0 aliphatic heterocycles. The minimum atomic E-state index is -0.475. The summed E-state index contributed by atoms with van der Waals surface area (Å²) >= 11 is 1.33. The van der Waals surface area contributed by atoms with Gasteiger partial charge in [0.2, 0.25) is 5.91 Å². The first-order valence-electron chi connectivity index (χ1n) is 5.21. The molecule has 1 N–H and O–H groups in total. The summed E-state index contributed by atoms with van der Waals surface area (Å²) in [5, 5.41) is 4.94. The molecule has 0 saturated heterocycles. The molecule has 2 aromatic rings. The Hall–Kier alpha value is -1.95. The lowest BCUT2D eigenvalue weighted by Crippen LogP contribution is -2.14. The second-order valence-electron chi connectivity index (χ2n) is 3.53. The normalized spacial score (nSPS) is 10.1. The Labute approximate surface area is 107 Å². The Morgan fingerprint density at radius 3 is 3.00 bits per heavy atom. The first-order chi connectivity index (χ1) is 8.69. The zero-order chi connectivity index (χ0) is 13.0. The maximum atomic E-state index is 13.4. The van der Waals surface area contributed by atoms with E-state index in [0.29, 0.717) is 10.7 Å². The van der Waals surface area contributed by atoms with E-state index in [2.05, 4.69) is 10.3 Å². The van der Waals surface area contributed by atoms with E-state index in [1.165, 1.54) is 30.6 Å². The quantitative estimate of drug-likeness (QED) is 0.925. The molecule has 18 heavy (non-hydrogen) atoms. The number of thiazole rings is 1. The van der Waals surface area contributed by atoms with Crippen molar-refractivity contribution in [1.29, 1.82) is 0 Å². The highest BCUT2D eigenvalue weighted by Crippen LogP contribution is 2.18. The van der Waals surface area contributed by atoms with Gasteiger partial charge < -0.3 is 10.1 Å². The third kappa shape index (κ3) is 3.04. The van der Waals surface area contributed by atoms with Crippen LogP contribution in [0.4, 0.5) is 9.52 Å². The van der Waals surface area contributed by atoms with E-state index in [1.807, 2.05) is 0 Å². The smallest absolute Gasteiger partial charge is 0.230 e. The van der Waals surface area contributed by atoms with Crippen molar-refractivity contribution in [2.75, 3.05) is 12.4 Å². The van der Waals surface area contributed by atoms with E-state index < -0.39 is 5.82 Å². The van der Waals surface area contributed by atoms with E-state index in [-0.39, 0.29) is 18.1 Å². The topological polar surface area (TPSA) is 51.2 Å². The van der Waals surface area contributed by atoms with Crippen molar-refractivity contribution in [2.45, 2.75) is 6.42 Å². The number of hydrogen-bond donors (Lipinski definition) is 1. The lowest BCUT2D eigenvalue weighted by Gasteiger charge is -2.05. The molecule has 2 rings (SSSR count). The van der Waals surface area contributed by atoms with Crippen LogP contribution < -0.4 is 10.1 Å². The number of anilines is 1. The van der Waals surface area contributed by atoms with E-state index in [4.69, 9.17) is 4.74 Å². The third-order valence-electron chi connectivity index (χ3n) is 2.26. The number of halogens is 1. The van der Waals surface area contributed by atoms with Gasteiger partial charge in [0.15, 0.2) is 16.7 Å². The molecule has 1 aromatic heterocycles. The maximum absolute atomic E-state index is 13.4. The van der Waals surface area contributed by atoms with E-state index in [1.54, 1.807) is 17.6 Å². The fraction of sp³-hybridized carbons (Fsp3) is 0.167. The third-order valence-corrected chi connectivity index (χ3v) is 2.95. The molecule has 4 nitrogen and oxygen atoms in total. The molecule has 1 aromatic carbocycles. The van der Waals surface area contributed by atoms with Crippen LogP contribution in [0.25, 0.3) is 0 Å². The van der Waals surface area contributed by atoms with Crippen LogP contribution in [0.5, 0.6) is 5.75 Å². The van der Waals surface area contributed by atoms with Crippen molar-refractivity contribution < 1.29 is 13.9 Å². The molecule has 0 aliphatic rings. The number of methoxy groups -OCH3 is 1. The van der Waals surface area contributed by atoms with Gasteiger partial charge in [0.05, 0.1) is 13.5 Å². The summed E-state index contributed by atoms with van der Waals surface area (Å²) in [4.78, 5) is 15.6. The minimum absolute atomic E-state index is 0.0977. The molecule has 0 unspecified atom stereocenters. The monoisotopic (exact) mass is 266 g/mol. The summed E-state index contributed by atoms with van der Waals surface area (Å²) in [5.74, 6) is -0.536. The van der Waals surface area contributed by atoms with Gasteiger partial charge in [-0.25, -0.2) is 9.37 Å². The standard InChI is InChI=1S/C12H11FN2O2S/c1-17-10-3-2-8(6-9(10)13)7-11(16)15-12-14-4-5-18-12/h2-6H,7H2,1H3,(H,14,15,16). The van der Waals surface area contributed by atoms with Crippen LogP contribution >= 0.6 is 11.3 Å². The summed E-state index contributed by atoms with van der Waals surface area (Å²) in [7, 11) is 1.40. The summed E-state index contributed by atoms with van der Waals surface area (Å²) in [5.41, 5.74) is 0.586. The van der Waals surface area contributed by atoms with E-state index in [0.717, 1.165) is 0 Å². The molecule has 0 atom stereocenters. The van der Waals surface area contributed by atoms with Gasteiger partial charge in [0, 0.05) is 11.6 Å². The van der Waals surface area contributed by atoms with Crippen molar-refractivity contribution in [3.8, 4) is 5.75 Å². The maximum Gasteiger partial charge on any atom is 0.230 e. The molecule has 1 amide bonds. The largest absolute Gasteiger partial charge is 0.494 e. The predicted molar refractivity (Wildman–Crippen MR) is 67.4 cm³/mol. The molecular weight excluding hydrogens is 255 g/mol. The van der Waals surface area contributed by atoms with Crippen LogP contribution in [0.15, 0.2) is 29.8 Å². The van der Waals surface area contributed by atoms with E-state index >= 15 is 0 Å². The highest BCUT2D eigenvalue weighted by Gasteiger charge is 2.08. The van der Waals surface area contributed by atoms with Crippen LogP contribution in [-0.2, 0) is 11.2 Å². The molecular formula is C12H11FN2O2S. The number of rotatable bonds is 4. The Bertz CT molecular complexity index is 543. The van der Waals surface area contributed by atoms with Gasteiger partial charge in [-0.2, -0.15) is 0 Å². The number of benzene rings is 1. The molecule has 0 saturated carbocycles. The summed E-state index contributed by atoms with van der Waals surface area (Å²) in [6.07, 6.45) is 1.70. The Kier molecular flexibility index (Phi) is 3.88. The van der Waals surface area contributed by atoms with Crippen LogP contribution in [-0.4, -0.2) is 18.0 Å². The number of aromatic nitrogens is 1. The lowest BCUT2D eigenvalue weighted by atomic mass is 10.1. The number of carbonyl (C=O) groups is 1.